The van der Waals surface area contributed by atoms with Gasteiger partial charge >= 0.3 is 0 Å². The van der Waals surface area contributed by atoms with Crippen LogP contribution in [-0.4, -0.2) is 63.6 Å². The molecule has 2 fully saturated rings. The van der Waals surface area contributed by atoms with Gasteiger partial charge in [-0.1, -0.05) is 23.9 Å². The fourth-order valence-corrected chi connectivity index (χ4v) is 7.82. The number of fused-ring (bicyclic) bond motifs is 1. The summed E-state index contributed by atoms with van der Waals surface area (Å²) in [7, 11) is 1.52. The molecule has 170 valence electrons. The van der Waals surface area contributed by atoms with Crippen LogP contribution in [0, 0.1) is 0 Å². The number of thioether (sulfide) groups is 1. The van der Waals surface area contributed by atoms with Crippen molar-refractivity contribution in [3.05, 3.63) is 48.0 Å². The van der Waals surface area contributed by atoms with Crippen LogP contribution in [0.1, 0.15) is 5.56 Å². The highest BCUT2D eigenvalue weighted by molar-refractivity contribution is 8.16. The molecule has 32 heavy (non-hydrogen) atoms. The molecule has 0 saturated carbocycles. The first-order chi connectivity index (χ1) is 15.3. The van der Waals surface area contributed by atoms with Gasteiger partial charge in [-0.2, -0.15) is 4.99 Å². The zero-order valence-corrected chi connectivity index (χ0v) is 19.6. The van der Waals surface area contributed by atoms with Gasteiger partial charge in [0, 0.05) is 11.3 Å². The van der Waals surface area contributed by atoms with Crippen molar-refractivity contribution >= 4 is 38.4 Å². The van der Waals surface area contributed by atoms with Crippen LogP contribution in [0.3, 0.4) is 0 Å². The fraction of sp³-hybridized carbons (Fsp3) is 0.364. The maximum absolute atomic E-state index is 12.8. The largest absolute Gasteiger partial charge is 0.497 e. The van der Waals surface area contributed by atoms with E-state index >= 15 is 0 Å². The molecule has 0 spiro atoms. The molecule has 2 heterocycles. The molecule has 8 nitrogen and oxygen atoms in total. The van der Waals surface area contributed by atoms with Gasteiger partial charge in [-0.3, -0.25) is 4.79 Å². The van der Waals surface area contributed by atoms with Gasteiger partial charge in [-0.05, 0) is 29.8 Å². The van der Waals surface area contributed by atoms with Crippen LogP contribution in [0.15, 0.2) is 47.5 Å². The standard InChI is InChI=1S/C22H24N2O6S2/c1-28-15-6-4-14(5-7-15)10-21(25)23-22-24(18-12-32(26,27)13-20(18)31-22)17-9-8-16(29-2)11-19(17)30-3/h4-9,11,18,20H,10,12-13H2,1-3H3. The Morgan fingerprint density at radius 3 is 2.38 bits per heavy atom. The number of aliphatic imine (C=N–C) groups is 1. The van der Waals surface area contributed by atoms with Crippen LogP contribution in [0.2, 0.25) is 0 Å². The molecule has 0 aromatic heterocycles. The molecule has 2 aromatic carbocycles. The summed E-state index contributed by atoms with van der Waals surface area (Å²) in [5.74, 6) is 1.60. The summed E-state index contributed by atoms with van der Waals surface area (Å²) in [6.45, 7) is 0. The minimum absolute atomic E-state index is 0.00550. The minimum Gasteiger partial charge on any atom is -0.497 e. The lowest BCUT2D eigenvalue weighted by Crippen LogP contribution is -2.38. The van der Waals surface area contributed by atoms with Gasteiger partial charge in [0.1, 0.15) is 17.2 Å². The average Bonchev–Trinajstić information content (AvgIpc) is 3.24. The SMILES string of the molecule is COc1ccc(CC(=O)N=C2SC3CS(=O)(=O)CC3N2c2ccc(OC)cc2OC)cc1. The van der Waals surface area contributed by atoms with E-state index in [0.717, 1.165) is 5.56 Å². The number of ether oxygens (including phenoxy) is 3. The summed E-state index contributed by atoms with van der Waals surface area (Å²) in [4.78, 5) is 19.0. The lowest BCUT2D eigenvalue weighted by Gasteiger charge is -2.26. The molecule has 2 atom stereocenters. The molecule has 2 aliphatic rings. The van der Waals surface area contributed by atoms with Gasteiger partial charge in [0.05, 0.1) is 51.0 Å². The van der Waals surface area contributed by atoms with Crippen molar-refractivity contribution < 1.29 is 27.4 Å². The molecule has 0 bridgehead atoms. The molecule has 2 aromatic rings. The maximum Gasteiger partial charge on any atom is 0.252 e. The lowest BCUT2D eigenvalue weighted by molar-refractivity contribution is -0.117. The van der Waals surface area contributed by atoms with E-state index < -0.39 is 9.84 Å². The average molecular weight is 477 g/mol. The van der Waals surface area contributed by atoms with Crippen LogP contribution in [0.25, 0.3) is 0 Å². The fourth-order valence-electron chi connectivity index (χ4n) is 3.89. The van der Waals surface area contributed by atoms with Crippen LogP contribution in [-0.2, 0) is 21.1 Å². The second-order valence-corrected chi connectivity index (χ2v) is 10.9. The third-order valence-corrected chi connectivity index (χ3v) is 8.66. The van der Waals surface area contributed by atoms with E-state index in [1.54, 1.807) is 44.6 Å². The van der Waals surface area contributed by atoms with Crippen LogP contribution >= 0.6 is 11.8 Å². The summed E-state index contributed by atoms with van der Waals surface area (Å²) in [5.41, 5.74) is 1.47. The van der Waals surface area contributed by atoms with Crippen LogP contribution < -0.4 is 19.1 Å². The van der Waals surface area contributed by atoms with E-state index in [2.05, 4.69) is 4.99 Å². The minimum atomic E-state index is -3.17. The van der Waals surface area contributed by atoms with Crippen molar-refractivity contribution in [2.45, 2.75) is 17.7 Å². The van der Waals surface area contributed by atoms with E-state index in [4.69, 9.17) is 14.2 Å². The number of hydrogen-bond acceptors (Lipinski definition) is 7. The highest BCUT2D eigenvalue weighted by Gasteiger charge is 2.50. The molecule has 0 aliphatic carbocycles. The number of carbonyl (C=O) groups is 1. The molecule has 2 unspecified atom stereocenters. The molecular formula is C22H24N2O6S2. The zero-order valence-electron chi connectivity index (χ0n) is 18.0. The van der Waals surface area contributed by atoms with Gasteiger partial charge in [0.15, 0.2) is 15.0 Å². The molecule has 2 aliphatic heterocycles. The Kier molecular flexibility index (Phi) is 6.34. The first kappa shape index (κ1) is 22.5. The Balaban J connectivity index is 1.66. The van der Waals surface area contributed by atoms with Crippen molar-refractivity contribution in [3.63, 3.8) is 0 Å². The number of benzene rings is 2. The van der Waals surface area contributed by atoms with Gasteiger partial charge < -0.3 is 19.1 Å². The molecule has 10 heteroatoms. The van der Waals surface area contributed by atoms with Gasteiger partial charge in [-0.25, -0.2) is 8.42 Å². The van der Waals surface area contributed by atoms with Crippen LogP contribution in [0.4, 0.5) is 5.69 Å². The molecule has 0 N–H and O–H groups in total. The van der Waals surface area contributed by atoms with E-state index in [-0.39, 0.29) is 35.1 Å². The Labute approximate surface area is 191 Å². The van der Waals surface area contributed by atoms with Crippen molar-refractivity contribution in [1.29, 1.82) is 0 Å². The van der Waals surface area contributed by atoms with Crippen molar-refractivity contribution in [2.75, 3.05) is 37.7 Å². The molecule has 2 saturated heterocycles. The number of amides is 1. The van der Waals surface area contributed by atoms with E-state index in [1.807, 2.05) is 17.0 Å². The Bertz CT molecular complexity index is 1150. The molecule has 4 rings (SSSR count). The van der Waals surface area contributed by atoms with Gasteiger partial charge in [0.2, 0.25) is 0 Å². The topological polar surface area (TPSA) is 94.5 Å². The lowest BCUT2D eigenvalue weighted by atomic mass is 10.1. The predicted molar refractivity (Wildman–Crippen MR) is 125 cm³/mol. The summed E-state index contributed by atoms with van der Waals surface area (Å²) in [6, 6.07) is 12.2. The first-order valence-electron chi connectivity index (χ1n) is 9.96. The van der Waals surface area contributed by atoms with Crippen LogP contribution in [0.5, 0.6) is 17.2 Å². The number of rotatable bonds is 6. The maximum atomic E-state index is 12.8. The number of methoxy groups -OCH3 is 3. The third-order valence-electron chi connectivity index (χ3n) is 5.45. The Hall–Kier alpha value is -2.72. The number of hydrogen-bond donors (Lipinski definition) is 0. The molecule has 0 radical (unpaired) electrons. The van der Waals surface area contributed by atoms with Crippen molar-refractivity contribution in [2.24, 2.45) is 4.99 Å². The quantitative estimate of drug-likeness (QED) is 0.628. The number of carbonyl (C=O) groups excluding carboxylic acids is 1. The summed E-state index contributed by atoms with van der Waals surface area (Å²) in [6.07, 6.45) is 0.134. The smallest absolute Gasteiger partial charge is 0.252 e. The normalized spacial score (nSPS) is 22.6. The van der Waals surface area contributed by atoms with Gasteiger partial charge in [-0.15, -0.1) is 0 Å². The van der Waals surface area contributed by atoms with E-state index in [1.165, 1.54) is 18.9 Å². The summed E-state index contributed by atoms with van der Waals surface area (Å²) >= 11 is 1.33. The predicted octanol–water partition coefficient (Wildman–Crippen LogP) is 2.56. The second kappa shape index (κ2) is 9.03. The zero-order chi connectivity index (χ0) is 22.9. The van der Waals surface area contributed by atoms with Crippen molar-refractivity contribution in [1.82, 2.24) is 0 Å². The number of nitrogens with zero attached hydrogens (tertiary/aromatic N) is 2. The Morgan fingerprint density at radius 2 is 1.72 bits per heavy atom. The number of sulfone groups is 1. The Morgan fingerprint density at radius 1 is 1.03 bits per heavy atom. The summed E-state index contributed by atoms with van der Waals surface area (Å²) < 4.78 is 40.5. The molecular weight excluding hydrogens is 452 g/mol. The van der Waals surface area contributed by atoms with Gasteiger partial charge in [0.25, 0.3) is 5.91 Å². The monoisotopic (exact) mass is 476 g/mol. The highest BCUT2D eigenvalue weighted by Crippen LogP contribution is 2.44. The first-order valence-corrected chi connectivity index (χ1v) is 12.7. The summed E-state index contributed by atoms with van der Waals surface area (Å²) in [5, 5.41) is 0.288. The number of amidine groups is 1. The second-order valence-electron chi connectivity index (χ2n) is 7.52. The van der Waals surface area contributed by atoms with E-state index in [0.29, 0.717) is 28.1 Å². The third kappa shape index (κ3) is 4.56. The molecule has 1 amide bonds. The highest BCUT2D eigenvalue weighted by atomic mass is 32.2. The number of anilines is 1. The van der Waals surface area contributed by atoms with Crippen molar-refractivity contribution in [3.8, 4) is 17.2 Å². The van der Waals surface area contributed by atoms with E-state index in [9.17, 15) is 13.2 Å².